The van der Waals surface area contributed by atoms with Crippen LogP contribution < -0.4 is 4.72 Å². The van der Waals surface area contributed by atoms with Gasteiger partial charge < -0.3 is 0 Å². The van der Waals surface area contributed by atoms with E-state index in [0.717, 1.165) is 17.7 Å². The highest BCUT2D eigenvalue weighted by Crippen LogP contribution is 2.27. The van der Waals surface area contributed by atoms with Crippen molar-refractivity contribution in [1.29, 1.82) is 0 Å². The fourth-order valence-corrected chi connectivity index (χ4v) is 3.23. The lowest BCUT2D eigenvalue weighted by molar-refractivity contribution is 0.570. The Balaban J connectivity index is 2.41. The lowest BCUT2D eigenvalue weighted by Gasteiger charge is -2.11. The normalized spacial score (nSPS) is 11.4. The Labute approximate surface area is 126 Å². The summed E-state index contributed by atoms with van der Waals surface area (Å²) in [4.78, 5) is -0.487. The lowest BCUT2D eigenvalue weighted by Crippen LogP contribution is -2.14. The van der Waals surface area contributed by atoms with Gasteiger partial charge in [0, 0.05) is 5.02 Å². The summed E-state index contributed by atoms with van der Waals surface area (Å²) >= 11 is 11.5. The highest BCUT2D eigenvalue weighted by Gasteiger charge is 2.20. The molecule has 0 fully saturated rings. The SMILES string of the molecule is Cc1ccc(NS(=O)(=O)c2ccc(Cl)cc2F)c(Cl)c1. The Kier molecular flexibility index (Phi) is 4.22. The molecule has 0 aliphatic carbocycles. The van der Waals surface area contributed by atoms with Gasteiger partial charge in [0.1, 0.15) is 10.7 Å². The molecular formula is C13H10Cl2FNO2S. The maximum Gasteiger partial charge on any atom is 0.264 e. The van der Waals surface area contributed by atoms with E-state index >= 15 is 0 Å². The molecule has 0 saturated carbocycles. The van der Waals surface area contributed by atoms with E-state index < -0.39 is 20.7 Å². The van der Waals surface area contributed by atoms with E-state index in [2.05, 4.69) is 4.72 Å². The van der Waals surface area contributed by atoms with E-state index in [1.54, 1.807) is 12.1 Å². The summed E-state index contributed by atoms with van der Waals surface area (Å²) in [5.74, 6) is -0.923. The molecule has 106 valence electrons. The van der Waals surface area contributed by atoms with Crippen molar-refractivity contribution in [3.63, 3.8) is 0 Å². The van der Waals surface area contributed by atoms with Crippen molar-refractivity contribution in [3.8, 4) is 0 Å². The van der Waals surface area contributed by atoms with Gasteiger partial charge in [0.2, 0.25) is 0 Å². The van der Waals surface area contributed by atoms with Crippen molar-refractivity contribution in [2.75, 3.05) is 4.72 Å². The number of nitrogens with one attached hydrogen (secondary N) is 1. The van der Waals surface area contributed by atoms with Crippen molar-refractivity contribution in [1.82, 2.24) is 0 Å². The largest absolute Gasteiger partial charge is 0.278 e. The highest BCUT2D eigenvalue weighted by atomic mass is 35.5. The second-order valence-corrected chi connectivity index (χ2v) is 6.66. The quantitative estimate of drug-likeness (QED) is 0.912. The molecule has 0 amide bonds. The molecular weight excluding hydrogens is 324 g/mol. The lowest BCUT2D eigenvalue weighted by atomic mass is 10.2. The van der Waals surface area contributed by atoms with Gasteiger partial charge in [0.05, 0.1) is 10.7 Å². The van der Waals surface area contributed by atoms with Crippen LogP contribution in [0.4, 0.5) is 10.1 Å². The first-order valence-corrected chi connectivity index (χ1v) is 7.77. The van der Waals surface area contributed by atoms with E-state index in [-0.39, 0.29) is 15.7 Å². The fourth-order valence-electron chi connectivity index (χ4n) is 1.60. The topological polar surface area (TPSA) is 46.2 Å². The van der Waals surface area contributed by atoms with E-state index in [4.69, 9.17) is 23.2 Å². The molecule has 7 heteroatoms. The Hall–Kier alpha value is -1.30. The Morgan fingerprint density at radius 2 is 1.80 bits per heavy atom. The van der Waals surface area contributed by atoms with Crippen LogP contribution in [0.5, 0.6) is 0 Å². The van der Waals surface area contributed by atoms with Crippen LogP contribution in [0.3, 0.4) is 0 Å². The molecule has 3 nitrogen and oxygen atoms in total. The Bertz CT molecular complexity index is 763. The van der Waals surface area contributed by atoms with Gasteiger partial charge in [-0.1, -0.05) is 29.3 Å². The molecule has 0 unspecified atom stereocenters. The zero-order valence-corrected chi connectivity index (χ0v) is 12.7. The van der Waals surface area contributed by atoms with Crippen molar-refractivity contribution < 1.29 is 12.8 Å². The van der Waals surface area contributed by atoms with E-state index in [9.17, 15) is 12.8 Å². The van der Waals surface area contributed by atoms with E-state index in [1.165, 1.54) is 12.1 Å². The molecule has 2 aromatic carbocycles. The third-order valence-electron chi connectivity index (χ3n) is 2.55. The van der Waals surface area contributed by atoms with Gasteiger partial charge in [-0.2, -0.15) is 0 Å². The highest BCUT2D eigenvalue weighted by molar-refractivity contribution is 7.92. The summed E-state index contributed by atoms with van der Waals surface area (Å²) in [5, 5.41) is 0.359. The molecule has 0 heterocycles. The third kappa shape index (κ3) is 3.23. The number of anilines is 1. The number of aryl methyl sites for hydroxylation is 1. The van der Waals surface area contributed by atoms with Crippen molar-refractivity contribution in [3.05, 3.63) is 57.8 Å². The van der Waals surface area contributed by atoms with Crippen LogP contribution in [-0.2, 0) is 10.0 Å². The number of halogens is 3. The van der Waals surface area contributed by atoms with Crippen LogP contribution in [0.25, 0.3) is 0 Å². The minimum absolute atomic E-state index is 0.120. The molecule has 0 radical (unpaired) electrons. The molecule has 0 aliphatic heterocycles. The predicted octanol–water partition coefficient (Wildman–Crippen LogP) is 4.24. The summed E-state index contributed by atoms with van der Waals surface area (Å²) in [7, 11) is -4.06. The van der Waals surface area contributed by atoms with Gasteiger partial charge in [0.15, 0.2) is 0 Å². The molecule has 20 heavy (non-hydrogen) atoms. The minimum atomic E-state index is -4.06. The molecule has 1 N–H and O–H groups in total. The van der Waals surface area contributed by atoms with Gasteiger partial charge in [0.25, 0.3) is 10.0 Å². The molecule has 0 saturated heterocycles. The first-order valence-electron chi connectivity index (χ1n) is 5.53. The Morgan fingerprint density at radius 1 is 1.10 bits per heavy atom. The molecule has 0 bridgehead atoms. The predicted molar refractivity (Wildman–Crippen MR) is 78.4 cm³/mol. The molecule has 2 aromatic rings. The number of hydrogen-bond donors (Lipinski definition) is 1. The van der Waals surface area contributed by atoms with Crippen molar-refractivity contribution in [2.45, 2.75) is 11.8 Å². The molecule has 0 atom stereocenters. The first kappa shape index (κ1) is 15.1. The fraction of sp³-hybridized carbons (Fsp3) is 0.0769. The third-order valence-corrected chi connectivity index (χ3v) is 4.50. The van der Waals surface area contributed by atoms with E-state index in [1.807, 2.05) is 6.92 Å². The summed E-state index contributed by atoms with van der Waals surface area (Å²) in [6.07, 6.45) is 0. The molecule has 0 aromatic heterocycles. The van der Waals surface area contributed by atoms with Gasteiger partial charge >= 0.3 is 0 Å². The summed E-state index contributed by atoms with van der Waals surface area (Å²) in [6, 6.07) is 8.16. The van der Waals surface area contributed by atoms with Crippen LogP contribution in [0.2, 0.25) is 10.0 Å². The van der Waals surface area contributed by atoms with Crippen molar-refractivity contribution >= 4 is 38.9 Å². The van der Waals surface area contributed by atoms with Crippen molar-refractivity contribution in [2.24, 2.45) is 0 Å². The first-order chi connectivity index (χ1) is 9.29. The maximum atomic E-state index is 13.7. The standard InChI is InChI=1S/C13H10Cl2FNO2S/c1-8-2-4-12(10(15)6-8)17-20(18,19)13-5-3-9(14)7-11(13)16/h2-7,17H,1H3. The van der Waals surface area contributed by atoms with Crippen LogP contribution in [-0.4, -0.2) is 8.42 Å². The maximum absolute atomic E-state index is 13.7. The van der Waals surface area contributed by atoms with Gasteiger partial charge in [-0.05, 0) is 42.8 Å². The molecule has 0 aliphatic rings. The number of sulfonamides is 1. The van der Waals surface area contributed by atoms with Gasteiger partial charge in [-0.25, -0.2) is 12.8 Å². The molecule has 2 rings (SSSR count). The average molecular weight is 334 g/mol. The van der Waals surface area contributed by atoms with Crippen LogP contribution in [0.15, 0.2) is 41.3 Å². The summed E-state index contributed by atoms with van der Waals surface area (Å²) in [5.41, 5.74) is 1.07. The summed E-state index contributed by atoms with van der Waals surface area (Å²) in [6.45, 7) is 1.82. The van der Waals surface area contributed by atoms with E-state index in [0.29, 0.717) is 0 Å². The van der Waals surface area contributed by atoms with Crippen LogP contribution in [0.1, 0.15) is 5.56 Å². The van der Waals surface area contributed by atoms with Gasteiger partial charge in [-0.3, -0.25) is 4.72 Å². The summed E-state index contributed by atoms with van der Waals surface area (Å²) < 4.78 is 40.2. The second kappa shape index (κ2) is 5.60. The van der Waals surface area contributed by atoms with Gasteiger partial charge in [-0.15, -0.1) is 0 Å². The van der Waals surface area contributed by atoms with Crippen LogP contribution in [0, 0.1) is 12.7 Å². The second-order valence-electron chi connectivity index (χ2n) is 4.16. The minimum Gasteiger partial charge on any atom is -0.278 e. The number of rotatable bonds is 3. The number of hydrogen-bond acceptors (Lipinski definition) is 2. The zero-order chi connectivity index (χ0) is 14.9. The zero-order valence-electron chi connectivity index (χ0n) is 10.3. The Morgan fingerprint density at radius 3 is 2.40 bits per heavy atom. The number of benzene rings is 2. The monoisotopic (exact) mass is 333 g/mol. The smallest absolute Gasteiger partial charge is 0.264 e. The molecule has 0 spiro atoms. The van der Waals surface area contributed by atoms with Crippen LogP contribution >= 0.6 is 23.2 Å². The average Bonchev–Trinajstić information content (AvgIpc) is 2.32.